The van der Waals surface area contributed by atoms with E-state index >= 15 is 0 Å². The molecule has 0 atom stereocenters. The third-order valence-corrected chi connectivity index (χ3v) is 2.37. The van der Waals surface area contributed by atoms with Gasteiger partial charge in [-0.15, -0.1) is 0 Å². The molecule has 0 unspecified atom stereocenters. The van der Waals surface area contributed by atoms with Gasteiger partial charge in [-0.05, 0) is 32.0 Å². The minimum atomic E-state index is -0.991. The molecule has 0 heterocycles. The lowest BCUT2D eigenvalue weighted by atomic mass is 10.1. The molecule has 0 saturated heterocycles. The summed E-state index contributed by atoms with van der Waals surface area (Å²) >= 11 is 0. The lowest BCUT2D eigenvalue weighted by Gasteiger charge is -2.25. The second-order valence-electron chi connectivity index (χ2n) is 4.82. The molecule has 0 aliphatic heterocycles. The Hall–Kier alpha value is -1.62. The van der Waals surface area contributed by atoms with Gasteiger partial charge in [0, 0.05) is 19.2 Å². The standard InChI is InChI=1S/C13H18FNO3/c1-13(2,17)8-15(3)12(16)9-5-6-11(18-4)10(14)7-9/h5-7,17H,8H2,1-4H3. The summed E-state index contributed by atoms with van der Waals surface area (Å²) in [6.07, 6.45) is 0. The first kappa shape index (κ1) is 14.4. The highest BCUT2D eigenvalue weighted by atomic mass is 19.1. The lowest BCUT2D eigenvalue weighted by Crippen LogP contribution is -2.39. The van der Waals surface area contributed by atoms with Gasteiger partial charge in [-0.1, -0.05) is 0 Å². The Morgan fingerprint density at radius 1 is 1.50 bits per heavy atom. The van der Waals surface area contributed by atoms with E-state index in [9.17, 15) is 14.3 Å². The summed E-state index contributed by atoms with van der Waals surface area (Å²) in [6.45, 7) is 3.37. The summed E-state index contributed by atoms with van der Waals surface area (Å²) in [4.78, 5) is 13.3. The summed E-state index contributed by atoms with van der Waals surface area (Å²) in [5.74, 6) is -0.838. The van der Waals surface area contributed by atoms with Gasteiger partial charge in [0.05, 0.1) is 12.7 Å². The first-order valence-corrected chi connectivity index (χ1v) is 5.56. The fourth-order valence-electron chi connectivity index (χ4n) is 1.67. The minimum absolute atomic E-state index is 0.0942. The summed E-state index contributed by atoms with van der Waals surface area (Å²) in [7, 11) is 2.92. The predicted molar refractivity (Wildman–Crippen MR) is 66.2 cm³/mol. The van der Waals surface area contributed by atoms with Crippen molar-refractivity contribution in [2.24, 2.45) is 0 Å². The number of methoxy groups -OCH3 is 1. The molecule has 0 aliphatic rings. The highest BCUT2D eigenvalue weighted by Gasteiger charge is 2.21. The molecule has 0 aromatic heterocycles. The second kappa shape index (κ2) is 5.35. The van der Waals surface area contributed by atoms with E-state index in [0.717, 1.165) is 6.07 Å². The monoisotopic (exact) mass is 255 g/mol. The van der Waals surface area contributed by atoms with Crippen molar-refractivity contribution < 1.29 is 19.0 Å². The fourth-order valence-corrected chi connectivity index (χ4v) is 1.67. The van der Waals surface area contributed by atoms with Gasteiger partial charge in [-0.3, -0.25) is 4.79 Å². The number of ether oxygens (including phenoxy) is 1. The Morgan fingerprint density at radius 3 is 2.56 bits per heavy atom. The molecule has 4 nitrogen and oxygen atoms in total. The van der Waals surface area contributed by atoms with E-state index in [2.05, 4.69) is 0 Å². The molecule has 1 N–H and O–H groups in total. The molecule has 1 aromatic rings. The van der Waals surface area contributed by atoms with Crippen LogP contribution in [0.25, 0.3) is 0 Å². The normalized spacial score (nSPS) is 11.2. The molecule has 0 fully saturated rings. The van der Waals surface area contributed by atoms with E-state index in [0.29, 0.717) is 0 Å². The largest absolute Gasteiger partial charge is 0.494 e. The summed E-state index contributed by atoms with van der Waals surface area (Å²) in [5, 5.41) is 9.63. The van der Waals surface area contributed by atoms with Crippen LogP contribution in [-0.2, 0) is 0 Å². The molecule has 1 aromatic carbocycles. The van der Waals surface area contributed by atoms with Crippen molar-refractivity contribution in [3.63, 3.8) is 0 Å². The number of hydrogen-bond acceptors (Lipinski definition) is 3. The minimum Gasteiger partial charge on any atom is -0.494 e. The number of aliphatic hydroxyl groups is 1. The number of halogens is 1. The van der Waals surface area contributed by atoms with E-state index in [1.165, 1.54) is 24.1 Å². The first-order valence-electron chi connectivity index (χ1n) is 5.56. The molecule has 1 rings (SSSR count). The van der Waals surface area contributed by atoms with Crippen molar-refractivity contribution in [2.45, 2.75) is 19.4 Å². The second-order valence-corrected chi connectivity index (χ2v) is 4.82. The molecule has 0 radical (unpaired) electrons. The van der Waals surface area contributed by atoms with Crippen LogP contribution in [0.5, 0.6) is 5.75 Å². The van der Waals surface area contributed by atoms with Crippen molar-refractivity contribution in [1.29, 1.82) is 0 Å². The Morgan fingerprint density at radius 2 is 2.11 bits per heavy atom. The van der Waals surface area contributed by atoms with Crippen molar-refractivity contribution in [1.82, 2.24) is 4.90 Å². The Bertz CT molecular complexity index is 440. The highest BCUT2D eigenvalue weighted by Crippen LogP contribution is 2.18. The number of carbonyl (C=O) groups excluding carboxylic acids is 1. The van der Waals surface area contributed by atoms with Crippen LogP contribution in [0.15, 0.2) is 18.2 Å². The molecular formula is C13H18FNO3. The zero-order chi connectivity index (χ0) is 13.9. The topological polar surface area (TPSA) is 49.8 Å². The zero-order valence-electron chi connectivity index (χ0n) is 11.0. The smallest absolute Gasteiger partial charge is 0.253 e. The number of rotatable bonds is 4. The van der Waals surface area contributed by atoms with Gasteiger partial charge < -0.3 is 14.7 Å². The quantitative estimate of drug-likeness (QED) is 0.890. The molecule has 1 amide bonds. The molecule has 0 bridgehead atoms. The van der Waals surface area contributed by atoms with E-state index in [4.69, 9.17) is 4.74 Å². The van der Waals surface area contributed by atoms with Crippen LogP contribution in [0.2, 0.25) is 0 Å². The average molecular weight is 255 g/mol. The molecular weight excluding hydrogens is 237 g/mol. The van der Waals surface area contributed by atoms with Gasteiger partial charge in [-0.25, -0.2) is 4.39 Å². The van der Waals surface area contributed by atoms with Crippen LogP contribution in [0.3, 0.4) is 0 Å². The molecule has 5 heteroatoms. The number of likely N-dealkylation sites (N-methyl/N-ethyl adjacent to an activating group) is 1. The van der Waals surface area contributed by atoms with Crippen LogP contribution in [0.4, 0.5) is 4.39 Å². The Balaban J connectivity index is 2.87. The molecule has 100 valence electrons. The highest BCUT2D eigenvalue weighted by molar-refractivity contribution is 5.94. The maximum absolute atomic E-state index is 13.5. The maximum atomic E-state index is 13.5. The Kier molecular flexibility index (Phi) is 4.29. The lowest BCUT2D eigenvalue weighted by molar-refractivity contribution is 0.0367. The zero-order valence-corrected chi connectivity index (χ0v) is 11.0. The van der Waals surface area contributed by atoms with Crippen molar-refractivity contribution in [3.05, 3.63) is 29.6 Å². The maximum Gasteiger partial charge on any atom is 0.253 e. The third-order valence-electron chi connectivity index (χ3n) is 2.37. The van der Waals surface area contributed by atoms with Gasteiger partial charge in [0.25, 0.3) is 5.91 Å². The third kappa shape index (κ3) is 3.70. The van der Waals surface area contributed by atoms with Crippen LogP contribution in [-0.4, -0.2) is 42.2 Å². The van der Waals surface area contributed by atoms with Crippen molar-refractivity contribution >= 4 is 5.91 Å². The van der Waals surface area contributed by atoms with Crippen LogP contribution in [0, 0.1) is 5.82 Å². The van der Waals surface area contributed by atoms with Crippen LogP contribution >= 0.6 is 0 Å². The van der Waals surface area contributed by atoms with E-state index in [1.807, 2.05) is 0 Å². The summed E-state index contributed by atoms with van der Waals surface area (Å²) < 4.78 is 18.2. The number of hydrogen-bond donors (Lipinski definition) is 1. The fraction of sp³-hybridized carbons (Fsp3) is 0.462. The molecule has 18 heavy (non-hydrogen) atoms. The molecule has 0 saturated carbocycles. The van der Waals surface area contributed by atoms with E-state index in [-0.39, 0.29) is 23.8 Å². The molecule has 0 aliphatic carbocycles. The molecule has 0 spiro atoms. The van der Waals surface area contributed by atoms with Gasteiger partial charge in [0.1, 0.15) is 0 Å². The van der Waals surface area contributed by atoms with Crippen LogP contribution in [0.1, 0.15) is 24.2 Å². The number of nitrogens with zero attached hydrogens (tertiary/aromatic N) is 1. The van der Waals surface area contributed by atoms with Gasteiger partial charge in [0.15, 0.2) is 11.6 Å². The summed E-state index contributed by atoms with van der Waals surface area (Å²) in [5.41, 5.74) is -0.768. The average Bonchev–Trinajstić information content (AvgIpc) is 2.25. The van der Waals surface area contributed by atoms with Gasteiger partial charge in [0.2, 0.25) is 0 Å². The van der Waals surface area contributed by atoms with Crippen molar-refractivity contribution in [2.75, 3.05) is 20.7 Å². The van der Waals surface area contributed by atoms with E-state index < -0.39 is 11.4 Å². The number of amides is 1. The summed E-state index contributed by atoms with van der Waals surface area (Å²) in [6, 6.07) is 4.02. The Labute approximate surface area is 106 Å². The number of carbonyl (C=O) groups is 1. The SMILES string of the molecule is COc1ccc(C(=O)N(C)CC(C)(C)O)cc1F. The van der Waals surface area contributed by atoms with Crippen molar-refractivity contribution in [3.8, 4) is 5.75 Å². The number of benzene rings is 1. The van der Waals surface area contributed by atoms with Crippen LogP contribution < -0.4 is 4.74 Å². The first-order chi connectivity index (χ1) is 8.24. The van der Waals surface area contributed by atoms with Gasteiger partial charge >= 0.3 is 0 Å². The van der Waals surface area contributed by atoms with E-state index in [1.54, 1.807) is 20.9 Å². The van der Waals surface area contributed by atoms with Gasteiger partial charge in [-0.2, -0.15) is 0 Å². The predicted octanol–water partition coefficient (Wildman–Crippen LogP) is 1.68.